The van der Waals surface area contributed by atoms with Crippen LogP contribution in [0, 0.1) is 5.41 Å². The van der Waals surface area contributed by atoms with Crippen molar-refractivity contribution in [3.05, 3.63) is 36.3 Å². The maximum absolute atomic E-state index is 12.3. The van der Waals surface area contributed by atoms with Crippen molar-refractivity contribution >= 4 is 49.7 Å². The molecule has 1 amide bonds. The van der Waals surface area contributed by atoms with Crippen LogP contribution in [-0.4, -0.2) is 53.0 Å². The Morgan fingerprint density at radius 1 is 1.24 bits per heavy atom. The van der Waals surface area contributed by atoms with E-state index in [1.165, 1.54) is 0 Å². The van der Waals surface area contributed by atoms with Crippen molar-refractivity contribution in [2.24, 2.45) is 5.41 Å². The summed E-state index contributed by atoms with van der Waals surface area (Å²) in [7, 11) is -3.54. The molecule has 2 atom stereocenters. The maximum atomic E-state index is 12.3. The van der Waals surface area contributed by atoms with Gasteiger partial charge in [-0.3, -0.25) is 4.98 Å². The molecular formula is C22H30ClN5O4S. The number of nitrogens with one attached hydrogen (secondary N) is 2. The highest BCUT2D eigenvalue weighted by Gasteiger charge is 2.37. The standard InChI is InChI=1S/C22H30ClN5O4S/c1-22(2,3)20(27-33(4,31)32)17(10-7-11-24-21(29)30)28-18(12-23)26-16-13-25-15-9-6-5-8-14(15)19(16)28/h5-6,8-9,13,17,20,24,27H,7,10-12H2,1-4H3,(H,29,30)/t17-,20?/m0/s1. The summed E-state index contributed by atoms with van der Waals surface area (Å²) in [5.74, 6) is 0.730. The molecular weight excluding hydrogens is 466 g/mol. The van der Waals surface area contributed by atoms with Crippen LogP contribution in [0.4, 0.5) is 4.79 Å². The molecule has 180 valence electrons. The number of aromatic nitrogens is 3. The molecule has 1 aromatic carbocycles. The highest BCUT2D eigenvalue weighted by Crippen LogP contribution is 2.37. The Labute approximate surface area is 198 Å². The van der Waals surface area contributed by atoms with Gasteiger partial charge >= 0.3 is 6.09 Å². The summed E-state index contributed by atoms with van der Waals surface area (Å²) >= 11 is 6.32. The van der Waals surface area contributed by atoms with E-state index in [0.717, 1.165) is 22.7 Å². The second-order valence-electron chi connectivity index (χ2n) is 9.22. The molecule has 0 saturated heterocycles. The van der Waals surface area contributed by atoms with E-state index < -0.39 is 27.6 Å². The molecule has 3 N–H and O–H groups in total. The van der Waals surface area contributed by atoms with E-state index in [1.807, 2.05) is 49.6 Å². The van der Waals surface area contributed by atoms with E-state index in [9.17, 15) is 13.2 Å². The van der Waals surface area contributed by atoms with Gasteiger partial charge in [0.05, 0.1) is 35.4 Å². The molecule has 3 rings (SSSR count). The van der Waals surface area contributed by atoms with Gasteiger partial charge in [0.25, 0.3) is 0 Å². The molecule has 3 aromatic rings. The van der Waals surface area contributed by atoms with Crippen molar-refractivity contribution in [3.8, 4) is 0 Å². The summed E-state index contributed by atoms with van der Waals surface area (Å²) in [6.45, 7) is 6.15. The number of imidazole rings is 1. The molecule has 0 fully saturated rings. The van der Waals surface area contributed by atoms with Gasteiger partial charge in [0, 0.05) is 18.0 Å². The number of carbonyl (C=O) groups is 1. The molecule has 2 aromatic heterocycles. The highest BCUT2D eigenvalue weighted by atomic mass is 35.5. The lowest BCUT2D eigenvalue weighted by molar-refractivity contribution is 0.191. The van der Waals surface area contributed by atoms with Crippen molar-refractivity contribution in [2.75, 3.05) is 12.8 Å². The lowest BCUT2D eigenvalue weighted by Gasteiger charge is -2.39. The van der Waals surface area contributed by atoms with Crippen molar-refractivity contribution in [1.82, 2.24) is 24.6 Å². The van der Waals surface area contributed by atoms with Gasteiger partial charge in [-0.1, -0.05) is 39.0 Å². The average molecular weight is 496 g/mol. The van der Waals surface area contributed by atoms with Gasteiger partial charge in [0.2, 0.25) is 10.0 Å². The van der Waals surface area contributed by atoms with Gasteiger partial charge in [0.1, 0.15) is 11.3 Å². The molecule has 0 spiro atoms. The Balaban J connectivity index is 2.24. The fraction of sp³-hybridized carbons (Fsp3) is 0.500. The Morgan fingerprint density at radius 2 is 1.94 bits per heavy atom. The van der Waals surface area contributed by atoms with Crippen LogP contribution in [0.15, 0.2) is 30.5 Å². The summed E-state index contributed by atoms with van der Waals surface area (Å²) in [5, 5.41) is 12.2. The zero-order chi connectivity index (χ0) is 24.4. The van der Waals surface area contributed by atoms with Crippen LogP contribution in [-0.2, 0) is 15.9 Å². The molecule has 0 radical (unpaired) electrons. The van der Waals surface area contributed by atoms with Crippen molar-refractivity contribution in [1.29, 1.82) is 0 Å². The second-order valence-corrected chi connectivity index (χ2v) is 11.3. The molecule has 0 aliphatic rings. The van der Waals surface area contributed by atoms with Gasteiger partial charge in [-0.05, 0) is 24.3 Å². The van der Waals surface area contributed by atoms with Crippen molar-refractivity contribution in [2.45, 2.75) is 51.6 Å². The van der Waals surface area contributed by atoms with E-state index in [2.05, 4.69) is 15.0 Å². The number of fused-ring (bicyclic) bond motifs is 3. The molecule has 0 aliphatic carbocycles. The smallest absolute Gasteiger partial charge is 0.404 e. The van der Waals surface area contributed by atoms with Crippen LogP contribution >= 0.6 is 11.6 Å². The van der Waals surface area contributed by atoms with Gasteiger partial charge < -0.3 is 15.0 Å². The fourth-order valence-corrected chi connectivity index (χ4v) is 5.40. The SMILES string of the molecule is CC(C)(C)C(NS(C)(=O)=O)[C@H](CCCNC(=O)O)n1c(CCl)nc2cnc3ccccc3c21. The zero-order valence-electron chi connectivity index (χ0n) is 19.2. The maximum Gasteiger partial charge on any atom is 0.404 e. The number of para-hydroxylation sites is 1. The molecule has 0 bridgehead atoms. The minimum atomic E-state index is -3.54. The van der Waals surface area contributed by atoms with E-state index in [4.69, 9.17) is 21.7 Å². The molecule has 9 nitrogen and oxygen atoms in total. The van der Waals surface area contributed by atoms with Gasteiger partial charge in [-0.25, -0.2) is 22.9 Å². The number of hydrogen-bond acceptors (Lipinski definition) is 5. The third kappa shape index (κ3) is 5.93. The average Bonchev–Trinajstić information content (AvgIpc) is 3.10. The lowest BCUT2D eigenvalue weighted by atomic mass is 9.81. The second kappa shape index (κ2) is 9.82. The quantitative estimate of drug-likeness (QED) is 0.305. The number of nitrogens with zero attached hydrogens (tertiary/aromatic N) is 3. The minimum absolute atomic E-state index is 0.128. The number of alkyl halides is 1. The summed E-state index contributed by atoms with van der Waals surface area (Å²) in [5.41, 5.74) is 1.83. The Bertz CT molecular complexity index is 1250. The monoisotopic (exact) mass is 495 g/mol. The normalized spacial score (nSPS) is 14.5. The summed E-state index contributed by atoms with van der Waals surface area (Å²) in [6, 6.07) is 6.81. The number of hydrogen-bond donors (Lipinski definition) is 3. The minimum Gasteiger partial charge on any atom is -0.465 e. The first-order valence-electron chi connectivity index (χ1n) is 10.7. The zero-order valence-corrected chi connectivity index (χ0v) is 20.7. The van der Waals surface area contributed by atoms with Crippen LogP contribution in [0.25, 0.3) is 21.9 Å². The topological polar surface area (TPSA) is 126 Å². The fourth-order valence-electron chi connectivity index (χ4n) is 4.24. The first-order valence-corrected chi connectivity index (χ1v) is 13.1. The summed E-state index contributed by atoms with van der Waals surface area (Å²) in [6.07, 6.45) is 2.74. The predicted octanol–water partition coefficient (Wildman–Crippen LogP) is 3.88. The van der Waals surface area contributed by atoms with Crippen LogP contribution < -0.4 is 10.0 Å². The number of rotatable bonds is 9. The number of carboxylic acid groups (broad SMARTS) is 1. The van der Waals surface area contributed by atoms with Crippen molar-refractivity contribution in [3.63, 3.8) is 0 Å². The van der Waals surface area contributed by atoms with E-state index >= 15 is 0 Å². The number of pyridine rings is 1. The van der Waals surface area contributed by atoms with Crippen molar-refractivity contribution < 1.29 is 18.3 Å². The Morgan fingerprint density at radius 3 is 2.55 bits per heavy atom. The Kier molecular flexibility index (Phi) is 7.50. The van der Waals surface area contributed by atoms with Gasteiger partial charge in [0.15, 0.2) is 0 Å². The number of halogens is 1. The highest BCUT2D eigenvalue weighted by molar-refractivity contribution is 7.88. The summed E-state index contributed by atoms with van der Waals surface area (Å²) in [4.78, 5) is 20.1. The summed E-state index contributed by atoms with van der Waals surface area (Å²) < 4.78 is 29.5. The van der Waals surface area contributed by atoms with Gasteiger partial charge in [-0.2, -0.15) is 0 Å². The van der Waals surface area contributed by atoms with E-state index in [1.54, 1.807) is 6.20 Å². The number of benzene rings is 1. The molecule has 0 aliphatic heterocycles. The van der Waals surface area contributed by atoms with E-state index in [-0.39, 0.29) is 18.5 Å². The lowest BCUT2D eigenvalue weighted by Crippen LogP contribution is -2.49. The number of amides is 1. The first-order chi connectivity index (χ1) is 15.4. The van der Waals surface area contributed by atoms with E-state index in [0.29, 0.717) is 24.2 Å². The van der Waals surface area contributed by atoms with Crippen LogP contribution in [0.3, 0.4) is 0 Å². The van der Waals surface area contributed by atoms with Crippen LogP contribution in [0.5, 0.6) is 0 Å². The molecule has 2 heterocycles. The number of sulfonamides is 1. The third-order valence-corrected chi connectivity index (χ3v) is 6.48. The molecule has 11 heteroatoms. The molecule has 33 heavy (non-hydrogen) atoms. The van der Waals surface area contributed by atoms with Crippen LogP contribution in [0.2, 0.25) is 0 Å². The largest absolute Gasteiger partial charge is 0.465 e. The van der Waals surface area contributed by atoms with Crippen LogP contribution in [0.1, 0.15) is 45.5 Å². The Hall–Kier alpha value is -2.43. The first kappa shape index (κ1) is 25.2. The molecule has 0 saturated carbocycles. The van der Waals surface area contributed by atoms with Gasteiger partial charge in [-0.15, -0.1) is 11.6 Å². The molecule has 1 unspecified atom stereocenters. The third-order valence-electron chi connectivity index (χ3n) is 5.56. The predicted molar refractivity (Wildman–Crippen MR) is 130 cm³/mol.